The lowest BCUT2D eigenvalue weighted by Gasteiger charge is -2.15. The number of carbonyl (C=O) groups is 1. The molecule has 1 saturated heterocycles. The first-order chi connectivity index (χ1) is 8.29. The molecule has 1 aliphatic rings. The highest BCUT2D eigenvalue weighted by Crippen LogP contribution is 2.34. The van der Waals surface area contributed by atoms with E-state index in [0.29, 0.717) is 0 Å². The molecule has 1 aromatic rings. The van der Waals surface area contributed by atoms with Crippen molar-refractivity contribution in [2.45, 2.75) is 18.0 Å². The molecule has 4 nitrogen and oxygen atoms in total. The smallest absolute Gasteiger partial charge is 0.279 e. The highest BCUT2D eigenvalue weighted by molar-refractivity contribution is 9.10. The van der Waals surface area contributed by atoms with Gasteiger partial charge in [-0.1, -0.05) is 0 Å². The van der Waals surface area contributed by atoms with Crippen molar-refractivity contribution in [2.24, 2.45) is 0 Å². The Hall–Kier alpha value is -0.890. The third-order valence-corrected chi connectivity index (χ3v) is 3.19. The maximum absolute atomic E-state index is 12.6. The molecule has 0 N–H and O–H groups in total. The van der Waals surface area contributed by atoms with Gasteiger partial charge in [-0.3, -0.25) is 9.69 Å². The summed E-state index contributed by atoms with van der Waals surface area (Å²) in [4.78, 5) is 19.6. The molecule has 2 rings (SSSR count). The van der Waals surface area contributed by atoms with Crippen LogP contribution in [-0.4, -0.2) is 27.8 Å². The monoisotopic (exact) mass is 343 g/mol. The molecule has 9 heteroatoms. The van der Waals surface area contributed by atoms with Gasteiger partial charge in [0.1, 0.15) is 0 Å². The number of halogens is 5. The van der Waals surface area contributed by atoms with Gasteiger partial charge in [0.25, 0.3) is 0 Å². The number of rotatable bonds is 1. The van der Waals surface area contributed by atoms with Crippen LogP contribution in [0.1, 0.15) is 12.1 Å². The van der Waals surface area contributed by atoms with Gasteiger partial charge >= 0.3 is 6.18 Å². The SMILES string of the molecule is O=C1CC(Cl)CN1c1ncc(Br)c(C(F)(F)F)n1. The number of amides is 1. The van der Waals surface area contributed by atoms with Gasteiger partial charge in [-0.25, -0.2) is 9.97 Å². The zero-order chi connectivity index (χ0) is 13.5. The molecule has 1 aromatic heterocycles. The van der Waals surface area contributed by atoms with Gasteiger partial charge in [-0.05, 0) is 15.9 Å². The number of carbonyl (C=O) groups excluding carboxylic acids is 1. The highest BCUT2D eigenvalue weighted by atomic mass is 79.9. The van der Waals surface area contributed by atoms with Gasteiger partial charge in [0.15, 0.2) is 5.69 Å². The molecule has 2 heterocycles. The lowest BCUT2D eigenvalue weighted by atomic mass is 10.4. The number of hydrogen-bond donors (Lipinski definition) is 0. The first kappa shape index (κ1) is 13.5. The quantitative estimate of drug-likeness (QED) is 0.736. The molecule has 0 aliphatic carbocycles. The molecule has 1 fully saturated rings. The van der Waals surface area contributed by atoms with E-state index in [4.69, 9.17) is 11.6 Å². The van der Waals surface area contributed by atoms with Crippen LogP contribution in [0.15, 0.2) is 10.7 Å². The van der Waals surface area contributed by atoms with Crippen LogP contribution in [0.5, 0.6) is 0 Å². The average molecular weight is 345 g/mol. The summed E-state index contributed by atoms with van der Waals surface area (Å²) >= 11 is 8.49. The molecule has 18 heavy (non-hydrogen) atoms. The molecule has 1 amide bonds. The summed E-state index contributed by atoms with van der Waals surface area (Å²) in [5.41, 5.74) is -1.11. The van der Waals surface area contributed by atoms with Crippen molar-refractivity contribution in [3.05, 3.63) is 16.4 Å². The summed E-state index contributed by atoms with van der Waals surface area (Å²) in [5.74, 6) is -0.663. The first-order valence-electron chi connectivity index (χ1n) is 4.83. The molecule has 1 aliphatic heterocycles. The van der Waals surface area contributed by atoms with Gasteiger partial charge in [0.05, 0.1) is 9.85 Å². The molecule has 0 saturated carbocycles. The minimum atomic E-state index is -4.61. The van der Waals surface area contributed by atoms with Crippen molar-refractivity contribution >= 4 is 39.4 Å². The summed E-state index contributed by atoms with van der Waals surface area (Å²) < 4.78 is 37.6. The lowest BCUT2D eigenvalue weighted by molar-refractivity contribution is -0.141. The van der Waals surface area contributed by atoms with E-state index in [0.717, 1.165) is 11.1 Å². The maximum atomic E-state index is 12.6. The minimum absolute atomic E-state index is 0.0718. The standard InChI is InChI=1S/C9H6BrClF3N3O/c10-5-2-15-8(16-7(5)9(12,13)14)17-3-4(11)1-6(17)18/h2,4H,1,3H2. The molecular weight excluding hydrogens is 338 g/mol. The predicted octanol–water partition coefficient (Wildman–Crippen LogP) is 2.60. The van der Waals surface area contributed by atoms with E-state index in [1.807, 2.05) is 0 Å². The second kappa shape index (κ2) is 4.65. The Balaban J connectivity index is 2.39. The Morgan fingerprint density at radius 1 is 1.50 bits per heavy atom. The predicted molar refractivity (Wildman–Crippen MR) is 61.3 cm³/mol. The Morgan fingerprint density at radius 2 is 2.17 bits per heavy atom. The largest absolute Gasteiger partial charge is 0.434 e. The average Bonchev–Trinajstić information content (AvgIpc) is 2.57. The number of anilines is 1. The van der Waals surface area contributed by atoms with E-state index < -0.39 is 17.2 Å². The fourth-order valence-electron chi connectivity index (χ4n) is 1.54. The normalized spacial score (nSPS) is 20.6. The van der Waals surface area contributed by atoms with Gasteiger partial charge < -0.3 is 0 Å². The molecule has 98 valence electrons. The molecular formula is C9H6BrClF3N3O. The van der Waals surface area contributed by atoms with E-state index in [1.165, 1.54) is 0 Å². The second-order valence-corrected chi connectivity index (χ2v) is 5.14. The Kier molecular flexibility index (Phi) is 3.50. The van der Waals surface area contributed by atoms with E-state index in [2.05, 4.69) is 25.9 Å². The fraction of sp³-hybridized carbons (Fsp3) is 0.444. The summed E-state index contributed by atoms with van der Waals surface area (Å²) in [7, 11) is 0. The molecule has 1 atom stereocenters. The Bertz CT molecular complexity index is 496. The third-order valence-electron chi connectivity index (χ3n) is 2.32. The van der Waals surface area contributed by atoms with Gasteiger partial charge in [-0.2, -0.15) is 13.2 Å². The number of aromatic nitrogens is 2. The van der Waals surface area contributed by atoms with Crippen molar-refractivity contribution in [1.82, 2.24) is 9.97 Å². The van der Waals surface area contributed by atoms with Crippen LogP contribution in [0.2, 0.25) is 0 Å². The van der Waals surface area contributed by atoms with Crippen molar-refractivity contribution in [1.29, 1.82) is 0 Å². The summed E-state index contributed by atoms with van der Waals surface area (Å²) in [5, 5.41) is -0.431. The zero-order valence-electron chi connectivity index (χ0n) is 8.71. The van der Waals surface area contributed by atoms with E-state index in [-0.39, 0.29) is 29.3 Å². The number of alkyl halides is 4. The topological polar surface area (TPSA) is 46.1 Å². The van der Waals surface area contributed by atoms with Crippen molar-refractivity contribution in [2.75, 3.05) is 11.4 Å². The molecule has 0 aromatic carbocycles. The second-order valence-electron chi connectivity index (χ2n) is 3.67. The van der Waals surface area contributed by atoms with Crippen LogP contribution in [0.25, 0.3) is 0 Å². The van der Waals surface area contributed by atoms with E-state index in [1.54, 1.807) is 0 Å². The van der Waals surface area contributed by atoms with Crippen molar-refractivity contribution in [3.8, 4) is 0 Å². The van der Waals surface area contributed by atoms with Gasteiger partial charge in [-0.15, -0.1) is 11.6 Å². The van der Waals surface area contributed by atoms with Gasteiger partial charge in [0, 0.05) is 19.2 Å². The number of nitrogens with zero attached hydrogens (tertiary/aromatic N) is 3. The number of hydrogen-bond acceptors (Lipinski definition) is 3. The molecule has 0 spiro atoms. The van der Waals surface area contributed by atoms with Crippen LogP contribution in [0.3, 0.4) is 0 Å². The van der Waals surface area contributed by atoms with Crippen LogP contribution < -0.4 is 4.90 Å². The van der Waals surface area contributed by atoms with Crippen LogP contribution in [-0.2, 0) is 11.0 Å². The molecule has 0 bridgehead atoms. The van der Waals surface area contributed by atoms with E-state index >= 15 is 0 Å². The van der Waals surface area contributed by atoms with Crippen molar-refractivity contribution in [3.63, 3.8) is 0 Å². The zero-order valence-corrected chi connectivity index (χ0v) is 11.1. The summed E-state index contributed by atoms with van der Waals surface area (Å²) in [6, 6.07) is 0. The van der Waals surface area contributed by atoms with E-state index in [9.17, 15) is 18.0 Å². The van der Waals surface area contributed by atoms with Crippen LogP contribution in [0, 0.1) is 0 Å². The van der Waals surface area contributed by atoms with Crippen LogP contribution >= 0.6 is 27.5 Å². The Morgan fingerprint density at radius 3 is 2.67 bits per heavy atom. The van der Waals surface area contributed by atoms with Crippen molar-refractivity contribution < 1.29 is 18.0 Å². The highest BCUT2D eigenvalue weighted by Gasteiger charge is 2.38. The molecule has 1 unspecified atom stereocenters. The molecule has 0 radical (unpaired) electrons. The fourth-order valence-corrected chi connectivity index (χ4v) is 2.23. The third kappa shape index (κ3) is 2.59. The summed E-state index contributed by atoms with van der Waals surface area (Å²) in [6.45, 7) is 0.110. The van der Waals surface area contributed by atoms with Crippen LogP contribution in [0.4, 0.5) is 19.1 Å². The van der Waals surface area contributed by atoms with Gasteiger partial charge in [0.2, 0.25) is 11.9 Å². The Labute approximate surface area is 113 Å². The minimum Gasteiger partial charge on any atom is -0.279 e. The lowest BCUT2D eigenvalue weighted by Crippen LogP contribution is -2.27. The summed E-state index contributed by atoms with van der Waals surface area (Å²) in [6.07, 6.45) is -3.57. The first-order valence-corrected chi connectivity index (χ1v) is 6.06. The maximum Gasteiger partial charge on any atom is 0.434 e.